The van der Waals surface area contributed by atoms with Gasteiger partial charge in [0.2, 0.25) is 0 Å². The van der Waals surface area contributed by atoms with E-state index < -0.39 is 0 Å². The highest BCUT2D eigenvalue weighted by Gasteiger charge is 2.12. The van der Waals surface area contributed by atoms with Gasteiger partial charge in [-0.25, -0.2) is 9.97 Å². The fourth-order valence-electron chi connectivity index (χ4n) is 2.92. The van der Waals surface area contributed by atoms with Crippen molar-refractivity contribution < 1.29 is 14.3 Å². The molecule has 0 saturated heterocycles. The van der Waals surface area contributed by atoms with E-state index in [0.717, 1.165) is 11.3 Å². The molecule has 2 aromatic carbocycles. The molecule has 4 aromatic rings. The van der Waals surface area contributed by atoms with Crippen molar-refractivity contribution in [3.8, 4) is 17.1 Å². The molecule has 0 aliphatic heterocycles. The Kier molecular flexibility index (Phi) is 5.92. The molecular formula is C22H19ClN4O3. The number of amides is 1. The minimum absolute atomic E-state index is 0.307. The van der Waals surface area contributed by atoms with Gasteiger partial charge < -0.3 is 19.8 Å². The summed E-state index contributed by atoms with van der Waals surface area (Å²) in [6.45, 7) is 0.984. The average Bonchev–Trinajstić information content (AvgIpc) is 3.18. The van der Waals surface area contributed by atoms with Crippen molar-refractivity contribution in [2.24, 2.45) is 0 Å². The first-order chi connectivity index (χ1) is 14.6. The molecule has 0 radical (unpaired) electrons. The summed E-state index contributed by atoms with van der Waals surface area (Å²) in [4.78, 5) is 24.6. The van der Waals surface area contributed by atoms with Crippen LogP contribution in [-0.4, -0.2) is 41.2 Å². The van der Waals surface area contributed by atoms with Crippen molar-refractivity contribution in [2.45, 2.75) is 0 Å². The monoisotopic (exact) mass is 422 g/mol. The largest absolute Gasteiger partial charge is 0.491 e. The van der Waals surface area contributed by atoms with Crippen molar-refractivity contribution in [3.63, 3.8) is 0 Å². The minimum Gasteiger partial charge on any atom is -0.491 e. The van der Waals surface area contributed by atoms with Crippen LogP contribution in [0.25, 0.3) is 22.6 Å². The van der Waals surface area contributed by atoms with E-state index in [1.54, 1.807) is 43.6 Å². The van der Waals surface area contributed by atoms with Crippen molar-refractivity contribution >= 4 is 34.4 Å². The van der Waals surface area contributed by atoms with Crippen molar-refractivity contribution in [1.29, 1.82) is 0 Å². The molecule has 0 atom stereocenters. The van der Waals surface area contributed by atoms with Gasteiger partial charge >= 0.3 is 0 Å². The van der Waals surface area contributed by atoms with Crippen LogP contribution in [0.2, 0.25) is 5.02 Å². The highest BCUT2D eigenvalue weighted by atomic mass is 35.5. The molecule has 1 amide bonds. The van der Waals surface area contributed by atoms with Crippen LogP contribution < -0.4 is 10.1 Å². The Morgan fingerprint density at radius 2 is 2.00 bits per heavy atom. The van der Waals surface area contributed by atoms with Crippen molar-refractivity contribution in [2.75, 3.05) is 25.6 Å². The Balaban J connectivity index is 1.55. The number of rotatable bonds is 7. The molecule has 0 saturated carbocycles. The highest BCUT2D eigenvalue weighted by molar-refractivity contribution is 6.34. The molecule has 30 heavy (non-hydrogen) atoms. The van der Waals surface area contributed by atoms with Gasteiger partial charge in [-0.2, -0.15) is 0 Å². The number of methoxy groups -OCH3 is 1. The molecule has 2 heterocycles. The molecule has 0 bridgehead atoms. The molecule has 0 spiro atoms. The van der Waals surface area contributed by atoms with Gasteiger partial charge in [0.25, 0.3) is 5.91 Å². The Labute approximate surface area is 178 Å². The van der Waals surface area contributed by atoms with E-state index in [1.807, 2.05) is 24.3 Å². The Morgan fingerprint density at radius 1 is 1.13 bits per heavy atom. The lowest BCUT2D eigenvalue weighted by atomic mass is 10.2. The van der Waals surface area contributed by atoms with Gasteiger partial charge in [-0.1, -0.05) is 35.9 Å². The van der Waals surface area contributed by atoms with Crippen LogP contribution in [0.15, 0.2) is 60.8 Å². The first-order valence-corrected chi connectivity index (χ1v) is 9.65. The molecule has 0 fully saturated rings. The zero-order chi connectivity index (χ0) is 20.9. The van der Waals surface area contributed by atoms with Crippen LogP contribution in [0.4, 0.5) is 5.69 Å². The molecule has 2 aromatic heterocycles. The number of nitrogens with one attached hydrogen (secondary N) is 2. The number of halogens is 1. The summed E-state index contributed by atoms with van der Waals surface area (Å²) in [6, 6.07) is 16.2. The summed E-state index contributed by atoms with van der Waals surface area (Å²) in [6.07, 6.45) is 1.57. The van der Waals surface area contributed by atoms with Gasteiger partial charge in [-0.15, -0.1) is 0 Å². The molecule has 152 valence electrons. The summed E-state index contributed by atoms with van der Waals surface area (Å²) in [7, 11) is 1.63. The van der Waals surface area contributed by atoms with Crippen LogP contribution in [0.1, 0.15) is 10.4 Å². The van der Waals surface area contributed by atoms with E-state index in [1.165, 1.54) is 0 Å². The van der Waals surface area contributed by atoms with E-state index >= 15 is 0 Å². The molecule has 8 heteroatoms. The lowest BCUT2D eigenvalue weighted by molar-refractivity contribution is 0.102. The van der Waals surface area contributed by atoms with E-state index in [-0.39, 0.29) is 5.91 Å². The number of pyridine rings is 1. The number of ether oxygens (including phenoxy) is 2. The van der Waals surface area contributed by atoms with Crippen LogP contribution in [0.3, 0.4) is 0 Å². The zero-order valence-electron chi connectivity index (χ0n) is 16.2. The van der Waals surface area contributed by atoms with Crippen LogP contribution in [-0.2, 0) is 4.74 Å². The maximum absolute atomic E-state index is 12.5. The second kappa shape index (κ2) is 8.94. The van der Waals surface area contributed by atoms with E-state index in [4.69, 9.17) is 21.1 Å². The summed E-state index contributed by atoms with van der Waals surface area (Å²) < 4.78 is 10.7. The van der Waals surface area contributed by atoms with Gasteiger partial charge in [0.1, 0.15) is 23.7 Å². The number of nitrogens with zero attached hydrogens (tertiary/aromatic N) is 2. The third kappa shape index (κ3) is 4.42. The number of hydrogen-bond acceptors (Lipinski definition) is 5. The molecule has 0 aliphatic rings. The first kappa shape index (κ1) is 19.9. The number of hydrogen-bond donors (Lipinski definition) is 2. The van der Waals surface area contributed by atoms with Gasteiger partial charge in [-0.3, -0.25) is 4.79 Å². The topological polar surface area (TPSA) is 89.1 Å². The number of carbonyl (C=O) groups excluding carboxylic acids is 1. The summed E-state index contributed by atoms with van der Waals surface area (Å²) in [5, 5.41) is 3.19. The Bertz CT molecular complexity index is 1190. The van der Waals surface area contributed by atoms with E-state index in [9.17, 15) is 4.79 Å². The van der Waals surface area contributed by atoms with Gasteiger partial charge in [-0.05, 0) is 30.3 Å². The smallest absolute Gasteiger partial charge is 0.257 e. The number of H-pyrrole nitrogens is 1. The summed E-state index contributed by atoms with van der Waals surface area (Å²) in [5.41, 5.74) is 3.04. The van der Waals surface area contributed by atoms with E-state index in [2.05, 4.69) is 20.3 Å². The predicted molar refractivity (Wildman–Crippen MR) is 116 cm³/mol. The highest BCUT2D eigenvalue weighted by Crippen LogP contribution is 2.25. The van der Waals surface area contributed by atoms with Crippen LogP contribution in [0.5, 0.6) is 5.75 Å². The fourth-order valence-corrected chi connectivity index (χ4v) is 3.14. The average molecular weight is 423 g/mol. The van der Waals surface area contributed by atoms with Crippen LogP contribution in [0, 0.1) is 0 Å². The number of aromatic amines is 1. The number of benzene rings is 2. The molecule has 0 aliphatic carbocycles. The van der Waals surface area contributed by atoms with Crippen molar-refractivity contribution in [3.05, 3.63) is 71.4 Å². The summed E-state index contributed by atoms with van der Waals surface area (Å²) >= 11 is 6.09. The predicted octanol–water partition coefficient (Wildman–Crippen LogP) is 4.56. The second-order valence-electron chi connectivity index (χ2n) is 6.48. The molecule has 4 rings (SSSR count). The molecule has 7 nitrogen and oxygen atoms in total. The normalized spacial score (nSPS) is 10.9. The van der Waals surface area contributed by atoms with Crippen LogP contribution >= 0.6 is 11.6 Å². The Hall–Kier alpha value is -3.42. The quantitative estimate of drug-likeness (QED) is 0.426. The number of aromatic nitrogens is 3. The lowest BCUT2D eigenvalue weighted by Crippen LogP contribution is -2.12. The molecule has 0 unspecified atom stereocenters. The van der Waals surface area contributed by atoms with Gasteiger partial charge in [0.15, 0.2) is 5.65 Å². The standard InChI is InChI=1S/C22H19ClN4O3/c1-29-9-10-30-16-6-4-5-14(11-16)20-26-19-12-15(13-24-21(19)27-20)25-22(28)17-7-2-3-8-18(17)23/h2-8,11-13H,9-10H2,1H3,(H,25,28)(H,24,26,27). The third-order valence-electron chi connectivity index (χ3n) is 4.38. The summed E-state index contributed by atoms with van der Waals surface area (Å²) in [5.74, 6) is 1.08. The van der Waals surface area contributed by atoms with Gasteiger partial charge in [0.05, 0.1) is 29.1 Å². The Morgan fingerprint density at radius 3 is 2.83 bits per heavy atom. The number of imidazole rings is 1. The number of anilines is 1. The second-order valence-corrected chi connectivity index (χ2v) is 6.89. The molecule has 2 N–H and O–H groups in total. The van der Waals surface area contributed by atoms with E-state index in [0.29, 0.717) is 46.5 Å². The lowest BCUT2D eigenvalue weighted by Gasteiger charge is -2.06. The maximum atomic E-state index is 12.5. The SMILES string of the molecule is COCCOc1cccc(-c2nc3cc(NC(=O)c4ccccc4Cl)cnc3[nH]2)c1. The maximum Gasteiger partial charge on any atom is 0.257 e. The first-order valence-electron chi connectivity index (χ1n) is 9.28. The third-order valence-corrected chi connectivity index (χ3v) is 4.71. The molecular weight excluding hydrogens is 404 g/mol. The minimum atomic E-state index is -0.307. The number of carbonyl (C=O) groups is 1. The zero-order valence-corrected chi connectivity index (χ0v) is 16.9. The van der Waals surface area contributed by atoms with Crippen molar-refractivity contribution in [1.82, 2.24) is 15.0 Å². The van der Waals surface area contributed by atoms with Gasteiger partial charge in [0, 0.05) is 12.7 Å². The number of fused-ring (bicyclic) bond motifs is 1. The fraction of sp³-hybridized carbons (Fsp3) is 0.136.